The molecule has 0 aromatic rings. The van der Waals surface area contributed by atoms with Crippen LogP contribution in [-0.4, -0.2) is 0 Å². The molecule has 0 nitrogen and oxygen atoms in total. The Kier molecular flexibility index (Phi) is 1.21. The molecule has 0 saturated heterocycles. The maximum atomic E-state index is 2.53. The van der Waals surface area contributed by atoms with Gasteiger partial charge in [-0.3, -0.25) is 0 Å². The van der Waals surface area contributed by atoms with Gasteiger partial charge in [-0.25, -0.2) is 0 Å². The average Bonchev–Trinajstić information content (AvgIpc) is 2.63. The van der Waals surface area contributed by atoms with E-state index in [0.29, 0.717) is 0 Å². The lowest BCUT2D eigenvalue weighted by Crippen LogP contribution is -2.11. The van der Waals surface area contributed by atoms with Gasteiger partial charge in [-0.2, -0.15) is 0 Å². The van der Waals surface area contributed by atoms with Crippen molar-refractivity contribution in [2.45, 2.75) is 32.1 Å². The molecule has 3 aliphatic rings. The zero-order chi connectivity index (χ0) is 7.26. The van der Waals surface area contributed by atoms with E-state index in [1.807, 2.05) is 0 Å². The first kappa shape index (κ1) is 6.28. The van der Waals surface area contributed by atoms with Gasteiger partial charge >= 0.3 is 0 Å². The minimum Gasteiger partial charge on any atom is -0.0848 e. The van der Waals surface area contributed by atoms with E-state index in [9.17, 15) is 0 Å². The van der Waals surface area contributed by atoms with Crippen LogP contribution in [0.5, 0.6) is 0 Å². The van der Waals surface area contributed by atoms with Crippen LogP contribution in [0.15, 0.2) is 12.2 Å². The van der Waals surface area contributed by atoms with Crippen LogP contribution in [0, 0.1) is 23.7 Å². The smallest absolute Gasteiger partial charge is 0.0171 e. The van der Waals surface area contributed by atoms with Gasteiger partial charge in [0.05, 0.1) is 0 Å². The summed E-state index contributed by atoms with van der Waals surface area (Å²) in [5.74, 6) is 4.21. The van der Waals surface area contributed by atoms with E-state index in [1.54, 1.807) is 0 Å². The molecule has 0 bridgehead atoms. The van der Waals surface area contributed by atoms with Gasteiger partial charge in [0.1, 0.15) is 0 Å². The summed E-state index contributed by atoms with van der Waals surface area (Å²) in [5, 5.41) is 0. The molecule has 11 heavy (non-hydrogen) atoms. The Bertz CT molecular complexity index is 188. The minimum absolute atomic E-state index is 1.00. The van der Waals surface area contributed by atoms with Crippen molar-refractivity contribution in [3.05, 3.63) is 12.2 Å². The third kappa shape index (κ3) is 0.881. The van der Waals surface area contributed by atoms with Crippen molar-refractivity contribution >= 4 is 0 Å². The van der Waals surface area contributed by atoms with Crippen molar-refractivity contribution in [1.29, 1.82) is 0 Å². The molecule has 2 fully saturated rings. The Balaban J connectivity index is 1.80. The molecular formula is C11H16. The molecule has 0 aliphatic heterocycles. The number of hydrogen-bond acceptors (Lipinski definition) is 0. The molecule has 0 N–H and O–H groups in total. The summed E-state index contributed by atoms with van der Waals surface area (Å²) in [6.07, 6.45) is 12.6. The monoisotopic (exact) mass is 148 g/mol. The summed E-state index contributed by atoms with van der Waals surface area (Å²) in [6, 6.07) is 0. The van der Waals surface area contributed by atoms with Gasteiger partial charge in [0.25, 0.3) is 0 Å². The molecule has 0 heterocycles. The largest absolute Gasteiger partial charge is 0.0848 e. The summed E-state index contributed by atoms with van der Waals surface area (Å²) in [4.78, 5) is 0. The van der Waals surface area contributed by atoms with Crippen molar-refractivity contribution in [3.63, 3.8) is 0 Å². The Hall–Kier alpha value is -0.260. The first-order valence-electron chi connectivity index (χ1n) is 5.13. The van der Waals surface area contributed by atoms with Crippen LogP contribution < -0.4 is 0 Å². The Morgan fingerprint density at radius 3 is 2.64 bits per heavy atom. The van der Waals surface area contributed by atoms with Crippen molar-refractivity contribution in [2.24, 2.45) is 23.7 Å². The second kappa shape index (κ2) is 2.12. The zero-order valence-corrected chi connectivity index (χ0v) is 7.00. The van der Waals surface area contributed by atoms with Crippen molar-refractivity contribution in [2.75, 3.05) is 0 Å². The molecule has 3 aliphatic carbocycles. The van der Waals surface area contributed by atoms with Gasteiger partial charge in [0.15, 0.2) is 0 Å². The third-order valence-corrected chi connectivity index (χ3v) is 3.87. The van der Waals surface area contributed by atoms with Gasteiger partial charge in [0, 0.05) is 0 Å². The third-order valence-electron chi connectivity index (χ3n) is 3.87. The molecule has 3 rings (SSSR count). The minimum atomic E-state index is 1.00. The maximum Gasteiger partial charge on any atom is -0.0171 e. The Morgan fingerprint density at radius 2 is 1.82 bits per heavy atom. The maximum absolute atomic E-state index is 2.53. The molecular weight excluding hydrogens is 132 g/mol. The first-order chi connectivity index (χ1) is 5.45. The van der Waals surface area contributed by atoms with Crippen LogP contribution in [-0.2, 0) is 0 Å². The van der Waals surface area contributed by atoms with E-state index in [2.05, 4.69) is 12.2 Å². The molecule has 0 spiro atoms. The lowest BCUT2D eigenvalue weighted by molar-refractivity contribution is 0.346. The summed E-state index contributed by atoms with van der Waals surface area (Å²) in [7, 11) is 0. The fraction of sp³-hybridized carbons (Fsp3) is 0.818. The predicted octanol–water partition coefficient (Wildman–Crippen LogP) is 3.00. The van der Waals surface area contributed by atoms with Gasteiger partial charge in [-0.1, -0.05) is 18.6 Å². The quantitative estimate of drug-likeness (QED) is 0.501. The molecule has 0 aromatic heterocycles. The van der Waals surface area contributed by atoms with Crippen LogP contribution in [0.4, 0.5) is 0 Å². The normalized spacial score (nSPS) is 48.2. The average molecular weight is 148 g/mol. The lowest BCUT2D eigenvalue weighted by Gasteiger charge is -2.17. The van der Waals surface area contributed by atoms with Crippen molar-refractivity contribution in [1.82, 2.24) is 0 Å². The summed E-state index contributed by atoms with van der Waals surface area (Å²) in [5.41, 5.74) is 0. The highest BCUT2D eigenvalue weighted by Crippen LogP contribution is 2.52. The first-order valence-corrected chi connectivity index (χ1v) is 5.13. The highest BCUT2D eigenvalue weighted by molar-refractivity contribution is 5.12. The summed E-state index contributed by atoms with van der Waals surface area (Å²) in [6.45, 7) is 0. The fourth-order valence-corrected chi connectivity index (χ4v) is 3.14. The molecule has 2 unspecified atom stereocenters. The van der Waals surface area contributed by atoms with E-state index in [-0.39, 0.29) is 0 Å². The van der Waals surface area contributed by atoms with E-state index >= 15 is 0 Å². The SMILES string of the molecule is C1=CC(C2CC2)[C@H]2CCCC12. The van der Waals surface area contributed by atoms with Gasteiger partial charge in [-0.05, 0) is 49.4 Å². The standard InChI is InChI=1S/C11H16/c1-2-8-6-7-11(9-4-5-9)10(8)3-1/h6-11H,1-5H2/t8?,10-,11?/m0/s1. The van der Waals surface area contributed by atoms with Crippen LogP contribution in [0.2, 0.25) is 0 Å². The van der Waals surface area contributed by atoms with E-state index in [4.69, 9.17) is 0 Å². The summed E-state index contributed by atoms with van der Waals surface area (Å²) < 4.78 is 0. The van der Waals surface area contributed by atoms with Crippen LogP contribution in [0.1, 0.15) is 32.1 Å². The lowest BCUT2D eigenvalue weighted by atomic mass is 9.87. The Morgan fingerprint density at radius 1 is 0.909 bits per heavy atom. The molecule has 3 atom stereocenters. The highest BCUT2D eigenvalue weighted by atomic mass is 14.5. The number of rotatable bonds is 1. The number of allylic oxidation sites excluding steroid dienone is 2. The van der Waals surface area contributed by atoms with Crippen LogP contribution in [0.3, 0.4) is 0 Å². The van der Waals surface area contributed by atoms with E-state index < -0.39 is 0 Å². The summed E-state index contributed by atoms with van der Waals surface area (Å²) >= 11 is 0. The van der Waals surface area contributed by atoms with Gasteiger partial charge < -0.3 is 0 Å². The van der Waals surface area contributed by atoms with Crippen LogP contribution in [0.25, 0.3) is 0 Å². The molecule has 0 radical (unpaired) electrons. The van der Waals surface area contributed by atoms with Gasteiger partial charge in [0.2, 0.25) is 0 Å². The second-order valence-electron chi connectivity index (χ2n) is 4.56. The number of fused-ring (bicyclic) bond motifs is 1. The van der Waals surface area contributed by atoms with Crippen molar-refractivity contribution in [3.8, 4) is 0 Å². The van der Waals surface area contributed by atoms with Crippen LogP contribution >= 0.6 is 0 Å². The number of hydrogen-bond donors (Lipinski definition) is 0. The van der Waals surface area contributed by atoms with E-state index in [1.165, 1.54) is 32.1 Å². The molecule has 0 aromatic carbocycles. The predicted molar refractivity (Wildman–Crippen MR) is 46.2 cm³/mol. The molecule has 2 saturated carbocycles. The van der Waals surface area contributed by atoms with E-state index in [0.717, 1.165) is 23.7 Å². The molecule has 0 amide bonds. The fourth-order valence-electron chi connectivity index (χ4n) is 3.14. The topological polar surface area (TPSA) is 0 Å². The molecule has 0 heteroatoms. The Labute approximate surface area is 68.7 Å². The zero-order valence-electron chi connectivity index (χ0n) is 7.00. The second-order valence-corrected chi connectivity index (χ2v) is 4.56. The van der Waals surface area contributed by atoms with Gasteiger partial charge in [-0.15, -0.1) is 0 Å². The van der Waals surface area contributed by atoms with Crippen molar-refractivity contribution < 1.29 is 0 Å². The highest BCUT2D eigenvalue weighted by Gasteiger charge is 2.42. The molecule has 60 valence electrons.